The van der Waals surface area contributed by atoms with Crippen LogP contribution in [0.25, 0.3) is 11.2 Å². The fourth-order valence-electron chi connectivity index (χ4n) is 4.90. The molecule has 2 aromatic heterocycles. The number of ether oxygens (including phenoxy) is 1. The normalized spacial score (nSPS) is 28.2. The molecule has 0 unspecified atom stereocenters. The summed E-state index contributed by atoms with van der Waals surface area (Å²) in [7, 11) is 0. The van der Waals surface area contributed by atoms with Gasteiger partial charge in [0.15, 0.2) is 11.5 Å². The number of hydrogen-bond donors (Lipinski definition) is 3. The molecule has 0 spiro atoms. The third-order valence-electron chi connectivity index (χ3n) is 7.18. The quantitative estimate of drug-likeness (QED) is 0.574. The van der Waals surface area contributed by atoms with E-state index in [4.69, 9.17) is 4.74 Å². The first-order valence-electron chi connectivity index (χ1n) is 11.1. The average Bonchev–Trinajstić information content (AvgIpc) is 3.52. The van der Waals surface area contributed by atoms with E-state index in [2.05, 4.69) is 42.4 Å². The molecule has 4 aliphatic rings. The lowest BCUT2D eigenvalue weighted by molar-refractivity contribution is -0.175. The summed E-state index contributed by atoms with van der Waals surface area (Å²) < 4.78 is 6.37. The number of hydrogen-bond acceptors (Lipinski definition) is 7. The molecule has 2 bridgehead atoms. The zero-order valence-corrected chi connectivity index (χ0v) is 17.6. The predicted octanol–water partition coefficient (Wildman–Crippen LogP) is 1.69. The summed E-state index contributed by atoms with van der Waals surface area (Å²) in [6, 6.07) is 0.623. The molecule has 4 fully saturated rings. The van der Waals surface area contributed by atoms with Gasteiger partial charge in [-0.15, -0.1) is 0 Å². The highest BCUT2D eigenvalue weighted by Crippen LogP contribution is 2.48. The molecule has 0 atom stereocenters. The van der Waals surface area contributed by atoms with Crippen molar-refractivity contribution in [2.45, 2.75) is 57.1 Å². The van der Waals surface area contributed by atoms with E-state index in [0.29, 0.717) is 31.4 Å². The van der Waals surface area contributed by atoms with Crippen LogP contribution in [0.3, 0.4) is 0 Å². The Morgan fingerprint density at radius 2 is 2.07 bits per heavy atom. The molecule has 30 heavy (non-hydrogen) atoms. The number of aromatic nitrogens is 4. The molecule has 6 rings (SSSR count). The summed E-state index contributed by atoms with van der Waals surface area (Å²) in [4.78, 5) is 30.5. The van der Waals surface area contributed by atoms with Gasteiger partial charge in [-0.05, 0) is 45.1 Å². The Morgan fingerprint density at radius 1 is 1.23 bits per heavy atom. The molecular formula is C21H31N7O2. The highest BCUT2D eigenvalue weighted by atomic mass is 16.5. The second kappa shape index (κ2) is 7.77. The maximum absolute atomic E-state index is 12.4. The fraction of sp³-hybridized carbons (Fsp3) is 0.714. The topological polar surface area (TPSA) is 108 Å². The van der Waals surface area contributed by atoms with Crippen molar-refractivity contribution in [1.29, 1.82) is 0 Å². The highest BCUT2D eigenvalue weighted by Gasteiger charge is 2.49. The van der Waals surface area contributed by atoms with Gasteiger partial charge < -0.3 is 20.4 Å². The number of amides is 1. The minimum absolute atomic E-state index is 0.0829. The molecule has 4 heterocycles. The molecule has 162 valence electrons. The third-order valence-corrected chi connectivity index (χ3v) is 7.18. The molecule has 2 saturated carbocycles. The van der Waals surface area contributed by atoms with Crippen LogP contribution in [-0.4, -0.2) is 75.2 Å². The number of imidazole rings is 1. The van der Waals surface area contributed by atoms with Crippen molar-refractivity contribution in [1.82, 2.24) is 30.2 Å². The standard InChI is InChI=1S/C21H31N7O2/c1-2-28(15-3-4-15)9-16(29)22-10-20-5-7-21(8-6-20,30-12-20)11-23-18-17-19(25-13-24-17)27-14-26-18/h13-15H,2-12H2,1H3,(H,22,29)(H2,23,24,25,26,27). The van der Waals surface area contributed by atoms with Crippen LogP contribution in [0.5, 0.6) is 0 Å². The summed E-state index contributed by atoms with van der Waals surface area (Å²) in [6.45, 7) is 5.74. The molecule has 9 nitrogen and oxygen atoms in total. The minimum atomic E-state index is -0.159. The summed E-state index contributed by atoms with van der Waals surface area (Å²) in [6.07, 6.45) is 9.78. The first-order chi connectivity index (χ1) is 14.6. The van der Waals surface area contributed by atoms with Gasteiger partial charge in [0.2, 0.25) is 5.91 Å². The van der Waals surface area contributed by atoms with Gasteiger partial charge in [0.1, 0.15) is 11.8 Å². The van der Waals surface area contributed by atoms with Crippen LogP contribution in [0.4, 0.5) is 5.82 Å². The van der Waals surface area contributed by atoms with Crippen molar-refractivity contribution < 1.29 is 9.53 Å². The van der Waals surface area contributed by atoms with Crippen LogP contribution in [0.15, 0.2) is 12.7 Å². The van der Waals surface area contributed by atoms with Crippen LogP contribution >= 0.6 is 0 Å². The van der Waals surface area contributed by atoms with Crippen molar-refractivity contribution in [2.24, 2.45) is 5.41 Å². The van der Waals surface area contributed by atoms with E-state index < -0.39 is 0 Å². The Kier molecular flexibility index (Phi) is 5.10. The second-order valence-electron chi connectivity index (χ2n) is 9.22. The van der Waals surface area contributed by atoms with Crippen LogP contribution in [-0.2, 0) is 9.53 Å². The molecule has 2 saturated heterocycles. The SMILES string of the molecule is CCN(CC(=O)NCC12CCC(CNc3ncnc4nc[nH]c34)(CC1)OC2)C1CC1. The molecule has 0 radical (unpaired) electrons. The lowest BCUT2D eigenvalue weighted by atomic mass is 9.66. The average molecular weight is 414 g/mol. The molecular weight excluding hydrogens is 382 g/mol. The van der Waals surface area contributed by atoms with Crippen molar-refractivity contribution in [3.8, 4) is 0 Å². The van der Waals surface area contributed by atoms with Gasteiger partial charge >= 0.3 is 0 Å². The molecule has 2 aliphatic heterocycles. The Morgan fingerprint density at radius 3 is 2.77 bits per heavy atom. The van der Waals surface area contributed by atoms with Gasteiger partial charge in [-0.1, -0.05) is 6.92 Å². The minimum Gasteiger partial charge on any atom is -0.373 e. The van der Waals surface area contributed by atoms with E-state index >= 15 is 0 Å². The lowest BCUT2D eigenvalue weighted by Crippen LogP contribution is -2.57. The van der Waals surface area contributed by atoms with Crippen LogP contribution in [0.2, 0.25) is 0 Å². The van der Waals surface area contributed by atoms with Crippen molar-refractivity contribution in [3.63, 3.8) is 0 Å². The van der Waals surface area contributed by atoms with E-state index in [9.17, 15) is 4.79 Å². The van der Waals surface area contributed by atoms with Gasteiger partial charge in [-0.2, -0.15) is 0 Å². The second-order valence-corrected chi connectivity index (χ2v) is 9.22. The number of carbonyl (C=O) groups is 1. The van der Waals surface area contributed by atoms with E-state index in [1.807, 2.05) is 0 Å². The number of nitrogens with one attached hydrogen (secondary N) is 3. The van der Waals surface area contributed by atoms with Crippen molar-refractivity contribution >= 4 is 22.9 Å². The Bertz CT molecular complexity index is 885. The van der Waals surface area contributed by atoms with Crippen LogP contribution in [0, 0.1) is 5.41 Å². The molecule has 1 amide bonds. The summed E-state index contributed by atoms with van der Waals surface area (Å²) in [5.74, 6) is 0.913. The molecule has 0 aromatic carbocycles. The van der Waals surface area contributed by atoms with Crippen molar-refractivity contribution in [2.75, 3.05) is 38.1 Å². The maximum atomic E-state index is 12.4. The monoisotopic (exact) mass is 413 g/mol. The number of H-pyrrole nitrogens is 1. The summed E-state index contributed by atoms with van der Waals surface area (Å²) >= 11 is 0. The largest absolute Gasteiger partial charge is 0.373 e. The van der Waals surface area contributed by atoms with E-state index in [1.165, 1.54) is 19.2 Å². The number of likely N-dealkylation sites (N-methyl/N-ethyl adjacent to an activating group) is 1. The summed E-state index contributed by atoms with van der Waals surface area (Å²) in [5, 5.41) is 6.64. The van der Waals surface area contributed by atoms with Crippen LogP contribution < -0.4 is 10.6 Å². The smallest absolute Gasteiger partial charge is 0.234 e. The number of fused-ring (bicyclic) bond motifs is 4. The van der Waals surface area contributed by atoms with E-state index in [0.717, 1.165) is 50.1 Å². The molecule has 9 heteroatoms. The van der Waals surface area contributed by atoms with Crippen LogP contribution in [0.1, 0.15) is 45.4 Å². The van der Waals surface area contributed by atoms with E-state index in [-0.39, 0.29) is 16.9 Å². The number of aromatic amines is 1. The third kappa shape index (κ3) is 3.88. The van der Waals surface area contributed by atoms with Crippen molar-refractivity contribution in [3.05, 3.63) is 12.7 Å². The van der Waals surface area contributed by atoms with Gasteiger partial charge in [-0.3, -0.25) is 9.69 Å². The molecule has 3 N–H and O–H groups in total. The number of anilines is 1. The first kappa shape index (κ1) is 19.7. The zero-order valence-electron chi connectivity index (χ0n) is 17.6. The predicted molar refractivity (Wildman–Crippen MR) is 113 cm³/mol. The molecule has 2 aromatic rings. The van der Waals surface area contributed by atoms with E-state index in [1.54, 1.807) is 6.33 Å². The van der Waals surface area contributed by atoms with Gasteiger partial charge in [0.05, 0.1) is 25.1 Å². The number of carbonyl (C=O) groups excluding carboxylic acids is 1. The zero-order chi connectivity index (χ0) is 20.6. The van der Waals surface area contributed by atoms with Gasteiger partial charge in [0, 0.05) is 24.5 Å². The highest BCUT2D eigenvalue weighted by molar-refractivity contribution is 5.81. The maximum Gasteiger partial charge on any atom is 0.234 e. The lowest BCUT2D eigenvalue weighted by Gasteiger charge is -2.53. The first-order valence-corrected chi connectivity index (χ1v) is 11.1. The Hall–Kier alpha value is -2.26. The Balaban J connectivity index is 1.13. The molecule has 2 aliphatic carbocycles. The van der Waals surface area contributed by atoms with Gasteiger partial charge in [0.25, 0.3) is 0 Å². The fourth-order valence-corrected chi connectivity index (χ4v) is 4.90. The summed E-state index contributed by atoms with van der Waals surface area (Å²) in [5.41, 5.74) is 1.41. The Labute approximate surface area is 176 Å². The van der Waals surface area contributed by atoms with Gasteiger partial charge in [-0.25, -0.2) is 15.0 Å². The number of rotatable bonds is 9. The number of nitrogens with zero attached hydrogens (tertiary/aromatic N) is 4.